The van der Waals surface area contributed by atoms with Crippen molar-refractivity contribution in [2.24, 2.45) is 0 Å². The first kappa shape index (κ1) is 16.1. The summed E-state index contributed by atoms with van der Waals surface area (Å²) in [5.41, 5.74) is 0. The molecule has 0 saturated carbocycles. The third-order valence-electron chi connectivity index (χ3n) is 4.38. The van der Waals surface area contributed by atoms with E-state index < -0.39 is 0 Å². The average Bonchev–Trinajstić information content (AvgIpc) is 2.60. The van der Waals surface area contributed by atoms with E-state index in [0.717, 1.165) is 44.3 Å². The molecule has 23 heavy (non-hydrogen) atoms. The van der Waals surface area contributed by atoms with Gasteiger partial charge in [-0.25, -0.2) is 0 Å². The van der Waals surface area contributed by atoms with Gasteiger partial charge >= 0.3 is 0 Å². The predicted molar refractivity (Wildman–Crippen MR) is 85.0 cm³/mol. The summed E-state index contributed by atoms with van der Waals surface area (Å²) < 4.78 is 17.0. The lowest BCUT2D eigenvalue weighted by molar-refractivity contribution is -0.907. The molecule has 1 aromatic rings. The predicted octanol–water partition coefficient (Wildman–Crippen LogP) is -0.364. The Labute approximate surface area is 136 Å². The number of morpholine rings is 1. The van der Waals surface area contributed by atoms with Crippen LogP contribution in [0.3, 0.4) is 0 Å². The minimum absolute atomic E-state index is 0.0685. The lowest BCUT2D eigenvalue weighted by atomic mass is 10.1. The van der Waals surface area contributed by atoms with Crippen LogP contribution in [0.4, 0.5) is 0 Å². The highest BCUT2D eigenvalue weighted by molar-refractivity contribution is 5.76. The van der Waals surface area contributed by atoms with Crippen molar-refractivity contribution in [1.29, 1.82) is 0 Å². The summed E-state index contributed by atoms with van der Waals surface area (Å²) >= 11 is 0. The summed E-state index contributed by atoms with van der Waals surface area (Å²) in [7, 11) is 0. The van der Waals surface area contributed by atoms with Crippen molar-refractivity contribution in [3.05, 3.63) is 24.3 Å². The summed E-state index contributed by atoms with van der Waals surface area (Å²) in [6, 6.07) is 7.52. The monoisotopic (exact) mass is 321 g/mol. The third kappa shape index (κ3) is 4.36. The highest BCUT2D eigenvalue weighted by Crippen LogP contribution is 2.31. The number of rotatable bonds is 5. The lowest BCUT2D eigenvalue weighted by Crippen LogP contribution is -3.14. The van der Waals surface area contributed by atoms with Gasteiger partial charge in [-0.05, 0) is 19.1 Å². The van der Waals surface area contributed by atoms with Gasteiger partial charge in [-0.15, -0.1) is 0 Å². The van der Waals surface area contributed by atoms with Crippen molar-refractivity contribution in [2.45, 2.75) is 25.5 Å². The van der Waals surface area contributed by atoms with E-state index in [9.17, 15) is 4.79 Å². The zero-order valence-electron chi connectivity index (χ0n) is 13.5. The number of carbonyl (C=O) groups excluding carboxylic acids is 1. The van der Waals surface area contributed by atoms with Gasteiger partial charge in [0.2, 0.25) is 5.91 Å². The number of hydrogen-bond donors (Lipinski definition) is 2. The Morgan fingerprint density at radius 1 is 1.30 bits per heavy atom. The molecule has 1 aromatic carbocycles. The molecule has 1 fully saturated rings. The second-order valence-electron chi connectivity index (χ2n) is 6.13. The van der Waals surface area contributed by atoms with Crippen LogP contribution in [0.15, 0.2) is 24.3 Å². The van der Waals surface area contributed by atoms with E-state index in [1.165, 1.54) is 4.90 Å². The van der Waals surface area contributed by atoms with Crippen LogP contribution in [0.5, 0.6) is 11.5 Å². The van der Waals surface area contributed by atoms with Crippen LogP contribution in [0.2, 0.25) is 0 Å². The van der Waals surface area contributed by atoms with Crippen LogP contribution in [0.1, 0.15) is 13.3 Å². The Hall–Kier alpha value is -1.79. The molecule has 126 valence electrons. The summed E-state index contributed by atoms with van der Waals surface area (Å²) in [6.07, 6.45) is 0.369. The number of hydrogen-bond acceptors (Lipinski definition) is 4. The molecule has 0 aromatic heterocycles. The Bertz CT molecular complexity index is 531. The molecule has 1 saturated heterocycles. The standard InChI is InChI=1S/C17H24N2O4/c1-13(16-12-22-14-4-2-3-5-15(14)23-16)18-17(20)6-7-19-8-10-21-11-9-19/h2-5,13,16H,6-12H2,1H3,(H,18,20)/p+1/t13-,16+/m0/s1. The maximum atomic E-state index is 12.1. The molecule has 0 unspecified atom stereocenters. The maximum absolute atomic E-state index is 12.1. The zero-order valence-corrected chi connectivity index (χ0v) is 13.5. The number of fused-ring (bicyclic) bond motifs is 1. The molecule has 2 atom stereocenters. The van der Waals surface area contributed by atoms with Crippen molar-refractivity contribution in [3.8, 4) is 11.5 Å². The van der Waals surface area contributed by atoms with Crippen LogP contribution in [-0.2, 0) is 9.53 Å². The fourth-order valence-corrected chi connectivity index (χ4v) is 2.90. The van der Waals surface area contributed by atoms with Crippen molar-refractivity contribution in [3.63, 3.8) is 0 Å². The number of benzene rings is 1. The fraction of sp³-hybridized carbons (Fsp3) is 0.588. The number of ether oxygens (including phenoxy) is 3. The van der Waals surface area contributed by atoms with Gasteiger partial charge in [0.1, 0.15) is 19.7 Å². The molecule has 1 amide bonds. The normalized spacial score (nSPS) is 22.4. The highest BCUT2D eigenvalue weighted by atomic mass is 16.6. The molecular formula is C17H25N2O4+. The average molecular weight is 321 g/mol. The Morgan fingerprint density at radius 3 is 2.83 bits per heavy atom. The van der Waals surface area contributed by atoms with E-state index in [1.807, 2.05) is 31.2 Å². The van der Waals surface area contributed by atoms with Gasteiger partial charge in [0.25, 0.3) is 0 Å². The quantitative estimate of drug-likeness (QED) is 0.777. The van der Waals surface area contributed by atoms with Crippen LogP contribution in [-0.4, -0.2) is 57.5 Å². The first-order valence-corrected chi connectivity index (χ1v) is 8.31. The largest absolute Gasteiger partial charge is 0.486 e. The number of quaternary nitrogens is 1. The second kappa shape index (κ2) is 7.66. The van der Waals surface area contributed by atoms with E-state index in [0.29, 0.717) is 13.0 Å². The molecule has 0 spiro atoms. The molecule has 2 N–H and O–H groups in total. The van der Waals surface area contributed by atoms with E-state index in [1.54, 1.807) is 0 Å². The van der Waals surface area contributed by atoms with Crippen LogP contribution < -0.4 is 19.7 Å². The summed E-state index contributed by atoms with van der Waals surface area (Å²) in [5, 5.41) is 3.03. The zero-order chi connectivity index (χ0) is 16.1. The second-order valence-corrected chi connectivity index (χ2v) is 6.13. The topological polar surface area (TPSA) is 61.2 Å². The number of para-hydroxylation sites is 2. The summed E-state index contributed by atoms with van der Waals surface area (Å²) in [4.78, 5) is 13.6. The van der Waals surface area contributed by atoms with E-state index in [-0.39, 0.29) is 18.1 Å². The lowest BCUT2D eigenvalue weighted by Gasteiger charge is -2.31. The van der Waals surface area contributed by atoms with Gasteiger partial charge in [-0.3, -0.25) is 4.79 Å². The van der Waals surface area contributed by atoms with Gasteiger partial charge in [0.15, 0.2) is 17.6 Å². The molecule has 0 bridgehead atoms. The smallest absolute Gasteiger partial charge is 0.226 e. The number of carbonyl (C=O) groups is 1. The third-order valence-corrected chi connectivity index (χ3v) is 4.38. The van der Waals surface area contributed by atoms with Gasteiger partial charge < -0.3 is 24.4 Å². The van der Waals surface area contributed by atoms with Gasteiger partial charge in [0, 0.05) is 0 Å². The fourth-order valence-electron chi connectivity index (χ4n) is 2.90. The number of nitrogens with one attached hydrogen (secondary N) is 2. The van der Waals surface area contributed by atoms with Gasteiger partial charge in [-0.2, -0.15) is 0 Å². The van der Waals surface area contributed by atoms with Gasteiger partial charge in [0.05, 0.1) is 32.2 Å². The molecule has 2 aliphatic heterocycles. The van der Waals surface area contributed by atoms with Crippen molar-refractivity contribution in [1.82, 2.24) is 5.32 Å². The van der Waals surface area contributed by atoms with Crippen LogP contribution in [0, 0.1) is 0 Å². The summed E-state index contributed by atoms with van der Waals surface area (Å²) in [5.74, 6) is 1.57. The SMILES string of the molecule is C[C@H](NC(=O)CC[NH+]1CCOCC1)[C@H]1COc2ccccc2O1. The molecule has 2 aliphatic rings. The molecule has 0 radical (unpaired) electrons. The van der Waals surface area contributed by atoms with E-state index >= 15 is 0 Å². The molecule has 2 heterocycles. The first-order chi connectivity index (χ1) is 11.2. The molecule has 6 nitrogen and oxygen atoms in total. The van der Waals surface area contributed by atoms with Crippen LogP contribution in [0.25, 0.3) is 0 Å². The molecule has 6 heteroatoms. The van der Waals surface area contributed by atoms with Crippen molar-refractivity contribution in [2.75, 3.05) is 39.5 Å². The molecule has 0 aliphatic carbocycles. The van der Waals surface area contributed by atoms with Crippen molar-refractivity contribution < 1.29 is 23.9 Å². The minimum atomic E-state index is -0.162. The Kier molecular flexibility index (Phi) is 5.35. The Balaban J connectivity index is 1.43. The molecular weight excluding hydrogens is 296 g/mol. The molecule has 3 rings (SSSR count). The maximum Gasteiger partial charge on any atom is 0.226 e. The van der Waals surface area contributed by atoms with E-state index in [4.69, 9.17) is 14.2 Å². The minimum Gasteiger partial charge on any atom is -0.486 e. The van der Waals surface area contributed by atoms with Crippen LogP contribution >= 0.6 is 0 Å². The number of amides is 1. The first-order valence-electron chi connectivity index (χ1n) is 8.31. The summed E-state index contributed by atoms with van der Waals surface area (Å²) in [6.45, 7) is 6.82. The van der Waals surface area contributed by atoms with Crippen molar-refractivity contribution >= 4 is 5.91 Å². The van der Waals surface area contributed by atoms with Gasteiger partial charge in [-0.1, -0.05) is 12.1 Å². The Morgan fingerprint density at radius 2 is 2.04 bits per heavy atom. The van der Waals surface area contributed by atoms with E-state index in [2.05, 4.69) is 5.32 Å². The highest BCUT2D eigenvalue weighted by Gasteiger charge is 2.27.